The summed E-state index contributed by atoms with van der Waals surface area (Å²) in [6, 6.07) is 5.91. The summed E-state index contributed by atoms with van der Waals surface area (Å²) < 4.78 is 0. The number of carbonyl (C=O) groups excluding carboxylic acids is 1. The molecule has 6 nitrogen and oxygen atoms in total. The van der Waals surface area contributed by atoms with E-state index >= 15 is 0 Å². The number of unbranched alkanes of at least 4 members (excludes halogenated alkanes) is 1. The molecule has 1 aromatic carbocycles. The van der Waals surface area contributed by atoms with Gasteiger partial charge >= 0.3 is 0 Å². The van der Waals surface area contributed by atoms with Gasteiger partial charge in [-0.05, 0) is 57.5 Å². The summed E-state index contributed by atoms with van der Waals surface area (Å²) in [6.07, 6.45) is 6.32. The molecule has 0 radical (unpaired) electrons. The zero-order valence-electron chi connectivity index (χ0n) is 12.8. The lowest BCUT2D eigenvalue weighted by atomic mass is 10.1. The molecule has 1 amide bonds. The topological polar surface area (TPSA) is 75.5 Å². The smallest absolute Gasteiger partial charge is 0.269 e. The number of hydrogen-bond donors (Lipinski definition) is 1. The largest absolute Gasteiger partial charge is 0.326 e. The Kier molecular flexibility index (Phi) is 6.33. The first-order valence-corrected chi connectivity index (χ1v) is 7.92. The maximum absolute atomic E-state index is 11.8. The molecule has 1 aliphatic rings. The maximum atomic E-state index is 11.8. The molecule has 22 heavy (non-hydrogen) atoms. The van der Waals surface area contributed by atoms with E-state index in [0.29, 0.717) is 12.1 Å². The molecule has 0 unspecified atom stereocenters. The Labute approximate surface area is 130 Å². The third kappa shape index (κ3) is 5.44. The monoisotopic (exact) mass is 305 g/mol. The van der Waals surface area contributed by atoms with E-state index in [0.717, 1.165) is 19.4 Å². The number of rotatable bonds is 7. The molecule has 0 spiro atoms. The summed E-state index contributed by atoms with van der Waals surface area (Å²) in [5.74, 6) is -0.0347. The minimum Gasteiger partial charge on any atom is -0.326 e. The minimum atomic E-state index is -0.452. The lowest BCUT2D eigenvalue weighted by molar-refractivity contribution is -0.384. The molecule has 2 rings (SSSR count). The molecule has 1 heterocycles. The molecule has 1 aliphatic heterocycles. The van der Waals surface area contributed by atoms with Crippen molar-refractivity contribution in [2.24, 2.45) is 0 Å². The third-order valence-corrected chi connectivity index (χ3v) is 3.94. The highest BCUT2D eigenvalue weighted by Gasteiger charge is 2.10. The van der Waals surface area contributed by atoms with E-state index in [1.54, 1.807) is 12.1 Å². The number of nitro benzene ring substituents is 1. The van der Waals surface area contributed by atoms with Crippen molar-refractivity contribution in [3.63, 3.8) is 0 Å². The van der Waals surface area contributed by atoms with Crippen molar-refractivity contribution in [3.05, 3.63) is 34.4 Å². The van der Waals surface area contributed by atoms with Crippen LogP contribution in [0, 0.1) is 10.1 Å². The van der Waals surface area contributed by atoms with E-state index < -0.39 is 4.92 Å². The lowest BCUT2D eigenvalue weighted by Gasteiger charge is -2.26. The van der Waals surface area contributed by atoms with Gasteiger partial charge in [0.15, 0.2) is 0 Å². The molecule has 0 saturated carbocycles. The Balaban J connectivity index is 1.63. The van der Waals surface area contributed by atoms with Crippen LogP contribution in [0.15, 0.2) is 24.3 Å². The predicted molar refractivity (Wildman–Crippen MR) is 85.9 cm³/mol. The highest BCUT2D eigenvalue weighted by Crippen LogP contribution is 2.16. The fourth-order valence-electron chi connectivity index (χ4n) is 2.69. The molecule has 1 fully saturated rings. The first-order valence-electron chi connectivity index (χ1n) is 7.92. The Morgan fingerprint density at radius 3 is 2.45 bits per heavy atom. The van der Waals surface area contributed by atoms with Gasteiger partial charge in [0.2, 0.25) is 5.91 Å². The molecular formula is C16H23N3O3. The van der Waals surface area contributed by atoms with Crippen LogP contribution < -0.4 is 5.32 Å². The molecule has 1 saturated heterocycles. The van der Waals surface area contributed by atoms with Crippen molar-refractivity contribution in [1.82, 2.24) is 4.90 Å². The number of nitrogens with zero attached hydrogens (tertiary/aromatic N) is 2. The lowest BCUT2D eigenvalue weighted by Crippen LogP contribution is -2.30. The second-order valence-corrected chi connectivity index (χ2v) is 5.71. The summed E-state index contributed by atoms with van der Waals surface area (Å²) in [5, 5.41) is 13.3. The van der Waals surface area contributed by atoms with Crippen molar-refractivity contribution in [2.45, 2.75) is 38.5 Å². The second kappa shape index (κ2) is 8.48. The van der Waals surface area contributed by atoms with Gasteiger partial charge in [-0.25, -0.2) is 0 Å². The number of benzene rings is 1. The zero-order valence-corrected chi connectivity index (χ0v) is 12.8. The first kappa shape index (κ1) is 16.4. The number of amides is 1. The Morgan fingerprint density at radius 1 is 1.14 bits per heavy atom. The molecule has 0 atom stereocenters. The van der Waals surface area contributed by atoms with Crippen molar-refractivity contribution >= 4 is 17.3 Å². The summed E-state index contributed by atoms with van der Waals surface area (Å²) in [7, 11) is 0. The first-order chi connectivity index (χ1) is 10.6. The Morgan fingerprint density at radius 2 is 1.82 bits per heavy atom. The number of non-ortho nitro benzene ring substituents is 1. The van der Waals surface area contributed by atoms with Crippen molar-refractivity contribution < 1.29 is 9.72 Å². The third-order valence-electron chi connectivity index (χ3n) is 3.94. The maximum Gasteiger partial charge on any atom is 0.269 e. The van der Waals surface area contributed by atoms with Crippen LogP contribution in [0.2, 0.25) is 0 Å². The van der Waals surface area contributed by atoms with Crippen molar-refractivity contribution in [1.29, 1.82) is 0 Å². The molecule has 0 bridgehead atoms. The molecule has 120 valence electrons. The van der Waals surface area contributed by atoms with Crippen LogP contribution in [-0.4, -0.2) is 35.4 Å². The fraction of sp³-hybridized carbons (Fsp3) is 0.562. The Hall–Kier alpha value is -1.95. The average molecular weight is 305 g/mol. The second-order valence-electron chi connectivity index (χ2n) is 5.71. The van der Waals surface area contributed by atoms with Crippen molar-refractivity contribution in [2.75, 3.05) is 25.0 Å². The normalized spacial score (nSPS) is 15.5. The van der Waals surface area contributed by atoms with Gasteiger partial charge in [-0.15, -0.1) is 0 Å². The SMILES string of the molecule is O=C(CCCCN1CCCCC1)Nc1ccc([N+](=O)[O-])cc1. The van der Waals surface area contributed by atoms with Crippen LogP contribution >= 0.6 is 0 Å². The number of carbonyl (C=O) groups is 1. The van der Waals surface area contributed by atoms with Crippen LogP contribution in [0.5, 0.6) is 0 Å². The van der Waals surface area contributed by atoms with E-state index in [1.807, 2.05) is 0 Å². The highest BCUT2D eigenvalue weighted by molar-refractivity contribution is 5.90. The van der Waals surface area contributed by atoms with Gasteiger partial charge in [0.05, 0.1) is 4.92 Å². The summed E-state index contributed by atoms with van der Waals surface area (Å²) in [6.45, 7) is 3.45. The molecule has 0 aromatic heterocycles. The van der Waals surface area contributed by atoms with Gasteiger partial charge in [0, 0.05) is 24.2 Å². The van der Waals surface area contributed by atoms with E-state index in [4.69, 9.17) is 0 Å². The standard InChI is InChI=1S/C16H23N3O3/c20-16(6-2-5-13-18-11-3-1-4-12-18)17-14-7-9-15(10-8-14)19(21)22/h7-10H,1-6,11-13H2,(H,17,20). The Bertz CT molecular complexity index is 496. The number of hydrogen-bond acceptors (Lipinski definition) is 4. The average Bonchev–Trinajstić information content (AvgIpc) is 2.53. The fourth-order valence-corrected chi connectivity index (χ4v) is 2.69. The van der Waals surface area contributed by atoms with Gasteiger partial charge < -0.3 is 10.2 Å². The number of anilines is 1. The van der Waals surface area contributed by atoms with Crippen LogP contribution in [-0.2, 0) is 4.79 Å². The molecule has 6 heteroatoms. The van der Waals surface area contributed by atoms with Crippen LogP contribution in [0.25, 0.3) is 0 Å². The molecule has 1 aromatic rings. The summed E-state index contributed by atoms with van der Waals surface area (Å²) >= 11 is 0. The molecule has 1 N–H and O–H groups in total. The van der Waals surface area contributed by atoms with Gasteiger partial charge in [-0.1, -0.05) is 6.42 Å². The van der Waals surface area contributed by atoms with Gasteiger partial charge in [-0.3, -0.25) is 14.9 Å². The summed E-state index contributed by atoms with van der Waals surface area (Å²) in [4.78, 5) is 24.4. The number of nitrogens with one attached hydrogen (secondary N) is 1. The van der Waals surface area contributed by atoms with Crippen LogP contribution in [0.4, 0.5) is 11.4 Å². The minimum absolute atomic E-state index is 0.0273. The van der Waals surface area contributed by atoms with Gasteiger partial charge in [0.1, 0.15) is 0 Å². The predicted octanol–water partition coefficient (Wildman–Crippen LogP) is 3.19. The van der Waals surface area contributed by atoms with Crippen LogP contribution in [0.3, 0.4) is 0 Å². The molecule has 0 aliphatic carbocycles. The number of likely N-dealkylation sites (tertiary alicyclic amines) is 1. The van der Waals surface area contributed by atoms with E-state index in [1.165, 1.54) is 44.5 Å². The summed E-state index contributed by atoms with van der Waals surface area (Å²) in [5.41, 5.74) is 0.631. The highest BCUT2D eigenvalue weighted by atomic mass is 16.6. The van der Waals surface area contributed by atoms with E-state index in [-0.39, 0.29) is 11.6 Å². The number of piperidine rings is 1. The number of nitro groups is 1. The zero-order chi connectivity index (χ0) is 15.8. The van der Waals surface area contributed by atoms with Crippen molar-refractivity contribution in [3.8, 4) is 0 Å². The quantitative estimate of drug-likeness (QED) is 0.477. The van der Waals surface area contributed by atoms with Crippen LogP contribution in [0.1, 0.15) is 38.5 Å². The van der Waals surface area contributed by atoms with Gasteiger partial charge in [-0.2, -0.15) is 0 Å². The molecular weight excluding hydrogens is 282 g/mol. The van der Waals surface area contributed by atoms with E-state index in [9.17, 15) is 14.9 Å². The van der Waals surface area contributed by atoms with Gasteiger partial charge in [0.25, 0.3) is 5.69 Å². The van der Waals surface area contributed by atoms with E-state index in [2.05, 4.69) is 10.2 Å².